The van der Waals surface area contributed by atoms with Gasteiger partial charge in [-0.05, 0) is 50.1 Å². The van der Waals surface area contributed by atoms with Crippen molar-refractivity contribution in [3.05, 3.63) is 59.3 Å². The molecule has 2 rings (SSSR count). The van der Waals surface area contributed by atoms with E-state index in [2.05, 4.69) is 11.6 Å². The second-order valence-electron chi connectivity index (χ2n) is 4.74. The average molecular weight is 271 g/mol. The van der Waals surface area contributed by atoms with E-state index in [9.17, 15) is 4.79 Å². The van der Waals surface area contributed by atoms with E-state index in [4.69, 9.17) is 9.15 Å². The lowest BCUT2D eigenvalue weighted by Gasteiger charge is -2.08. The molecule has 1 heterocycles. The number of carbonyl (C=O) groups excluding carboxylic acids is 1. The lowest BCUT2D eigenvalue weighted by atomic mass is 10.0. The van der Waals surface area contributed by atoms with Gasteiger partial charge in [0.25, 0.3) is 0 Å². The maximum absolute atomic E-state index is 11.9. The Morgan fingerprint density at radius 3 is 2.70 bits per heavy atom. The highest BCUT2D eigenvalue weighted by molar-refractivity contribution is 6.08. The Kier molecular flexibility index (Phi) is 4.03. The molecule has 0 bridgehead atoms. The first-order valence-electron chi connectivity index (χ1n) is 6.32. The van der Waals surface area contributed by atoms with Crippen LogP contribution in [0.3, 0.4) is 0 Å². The predicted octanol–water partition coefficient (Wildman–Crippen LogP) is 3.63. The number of carbonyl (C=O) groups is 1. The van der Waals surface area contributed by atoms with Gasteiger partial charge in [-0.2, -0.15) is 0 Å². The Labute approximate surface area is 118 Å². The molecule has 1 aromatic heterocycles. The second-order valence-corrected chi connectivity index (χ2v) is 4.74. The molecule has 0 aliphatic carbocycles. The van der Waals surface area contributed by atoms with E-state index < -0.39 is 0 Å². The largest absolute Gasteiger partial charge is 0.484 e. The number of aromatic nitrogens is 1. The number of benzene rings is 1. The van der Waals surface area contributed by atoms with Crippen molar-refractivity contribution in [3.63, 3.8) is 0 Å². The molecule has 0 N–H and O–H groups in total. The summed E-state index contributed by atoms with van der Waals surface area (Å²) < 4.78 is 10.9. The minimum absolute atomic E-state index is 0.0441. The van der Waals surface area contributed by atoms with E-state index in [1.54, 1.807) is 25.3 Å². The first-order chi connectivity index (χ1) is 9.47. The standard InChI is InChI=1S/C16H17NO3/c1-10(2)16(18)14-6-5-13(7-11(14)3)19-9-15-17-8-12(4)20-15/h5-8H,1,9H2,2-4H3. The van der Waals surface area contributed by atoms with Gasteiger partial charge in [0, 0.05) is 5.56 Å². The normalized spacial score (nSPS) is 10.3. The summed E-state index contributed by atoms with van der Waals surface area (Å²) in [7, 11) is 0. The zero-order chi connectivity index (χ0) is 14.7. The van der Waals surface area contributed by atoms with Crippen LogP contribution in [-0.2, 0) is 6.61 Å². The van der Waals surface area contributed by atoms with Crippen molar-refractivity contribution in [3.8, 4) is 5.75 Å². The van der Waals surface area contributed by atoms with Crippen LogP contribution >= 0.6 is 0 Å². The van der Waals surface area contributed by atoms with Crippen LogP contribution < -0.4 is 4.74 Å². The molecule has 0 unspecified atom stereocenters. The highest BCUT2D eigenvalue weighted by atomic mass is 16.5. The highest BCUT2D eigenvalue weighted by Crippen LogP contribution is 2.20. The summed E-state index contributed by atoms with van der Waals surface area (Å²) in [6, 6.07) is 5.34. The zero-order valence-corrected chi connectivity index (χ0v) is 11.9. The third kappa shape index (κ3) is 3.15. The Hall–Kier alpha value is -2.36. The lowest BCUT2D eigenvalue weighted by Crippen LogP contribution is -2.03. The highest BCUT2D eigenvalue weighted by Gasteiger charge is 2.11. The Balaban J connectivity index is 2.09. The van der Waals surface area contributed by atoms with Gasteiger partial charge in [0.15, 0.2) is 12.4 Å². The fraction of sp³-hybridized carbons (Fsp3) is 0.250. The SMILES string of the molecule is C=C(C)C(=O)c1ccc(OCc2ncc(C)o2)cc1C. The van der Waals surface area contributed by atoms with E-state index in [1.807, 2.05) is 19.9 Å². The molecule has 1 aromatic carbocycles. The average Bonchev–Trinajstić information content (AvgIpc) is 2.81. The van der Waals surface area contributed by atoms with Gasteiger partial charge in [0.05, 0.1) is 6.20 Å². The van der Waals surface area contributed by atoms with Gasteiger partial charge in [0.2, 0.25) is 5.89 Å². The number of aryl methyl sites for hydroxylation is 2. The van der Waals surface area contributed by atoms with Crippen molar-refractivity contribution in [2.45, 2.75) is 27.4 Å². The van der Waals surface area contributed by atoms with Crippen LogP contribution in [0.25, 0.3) is 0 Å². The lowest BCUT2D eigenvalue weighted by molar-refractivity contribution is 0.103. The van der Waals surface area contributed by atoms with Crippen molar-refractivity contribution in [1.82, 2.24) is 4.98 Å². The van der Waals surface area contributed by atoms with Crippen LogP contribution in [0.15, 0.2) is 41.0 Å². The number of ketones is 1. The number of ether oxygens (including phenoxy) is 1. The summed E-state index contributed by atoms with van der Waals surface area (Å²) >= 11 is 0. The van der Waals surface area contributed by atoms with E-state index in [0.717, 1.165) is 11.3 Å². The molecule has 4 heteroatoms. The molecule has 0 spiro atoms. The van der Waals surface area contributed by atoms with Crippen molar-refractivity contribution >= 4 is 5.78 Å². The Morgan fingerprint density at radius 2 is 2.15 bits per heavy atom. The molecule has 4 nitrogen and oxygen atoms in total. The van der Waals surface area contributed by atoms with Crippen molar-refractivity contribution in [2.24, 2.45) is 0 Å². The maximum Gasteiger partial charge on any atom is 0.232 e. The number of Topliss-reactive ketones (excluding diaryl/α,β-unsaturated/α-hetero) is 1. The smallest absolute Gasteiger partial charge is 0.232 e. The topological polar surface area (TPSA) is 52.3 Å². The van der Waals surface area contributed by atoms with Crippen LogP contribution in [0.4, 0.5) is 0 Å². The van der Waals surface area contributed by atoms with Crippen LogP contribution in [0.2, 0.25) is 0 Å². The molecular formula is C16H17NO3. The Bertz CT molecular complexity index is 655. The molecule has 0 atom stereocenters. The van der Waals surface area contributed by atoms with Gasteiger partial charge in [-0.15, -0.1) is 0 Å². The summed E-state index contributed by atoms with van der Waals surface area (Å²) in [5, 5.41) is 0. The number of rotatable bonds is 5. The molecule has 0 fully saturated rings. The molecule has 0 aliphatic rings. The fourth-order valence-corrected chi connectivity index (χ4v) is 1.82. The molecule has 0 radical (unpaired) electrons. The van der Waals surface area contributed by atoms with Gasteiger partial charge < -0.3 is 9.15 Å². The minimum atomic E-state index is -0.0441. The summed E-state index contributed by atoms with van der Waals surface area (Å²) in [5.74, 6) is 1.92. The van der Waals surface area contributed by atoms with E-state index in [0.29, 0.717) is 22.8 Å². The molecule has 0 saturated heterocycles. The third-order valence-corrected chi connectivity index (χ3v) is 2.86. The van der Waals surface area contributed by atoms with Gasteiger partial charge in [-0.1, -0.05) is 6.58 Å². The fourth-order valence-electron chi connectivity index (χ4n) is 1.82. The van der Waals surface area contributed by atoms with E-state index in [-0.39, 0.29) is 12.4 Å². The van der Waals surface area contributed by atoms with Crippen LogP contribution in [0.1, 0.15) is 34.5 Å². The first kappa shape index (κ1) is 14.1. The van der Waals surface area contributed by atoms with E-state index in [1.165, 1.54) is 0 Å². The van der Waals surface area contributed by atoms with Gasteiger partial charge >= 0.3 is 0 Å². The quantitative estimate of drug-likeness (QED) is 0.615. The van der Waals surface area contributed by atoms with Crippen molar-refractivity contribution in [2.75, 3.05) is 0 Å². The van der Waals surface area contributed by atoms with Crippen LogP contribution in [-0.4, -0.2) is 10.8 Å². The number of nitrogens with zero attached hydrogens (tertiary/aromatic N) is 1. The van der Waals surface area contributed by atoms with E-state index >= 15 is 0 Å². The monoisotopic (exact) mass is 271 g/mol. The summed E-state index contributed by atoms with van der Waals surface area (Å²) in [4.78, 5) is 16.0. The summed E-state index contributed by atoms with van der Waals surface area (Å²) in [6.07, 6.45) is 1.65. The van der Waals surface area contributed by atoms with Crippen LogP contribution in [0.5, 0.6) is 5.75 Å². The molecule has 0 saturated carbocycles. The van der Waals surface area contributed by atoms with Gasteiger partial charge in [0.1, 0.15) is 11.5 Å². The minimum Gasteiger partial charge on any atom is -0.484 e. The summed E-state index contributed by atoms with van der Waals surface area (Å²) in [6.45, 7) is 9.35. The van der Waals surface area contributed by atoms with Crippen molar-refractivity contribution in [1.29, 1.82) is 0 Å². The molecule has 2 aromatic rings. The van der Waals surface area contributed by atoms with Gasteiger partial charge in [-0.25, -0.2) is 4.98 Å². The molecule has 0 amide bonds. The number of hydrogen-bond donors (Lipinski definition) is 0. The molecule has 20 heavy (non-hydrogen) atoms. The zero-order valence-electron chi connectivity index (χ0n) is 11.9. The first-order valence-corrected chi connectivity index (χ1v) is 6.32. The molecular weight excluding hydrogens is 254 g/mol. The number of oxazole rings is 1. The van der Waals surface area contributed by atoms with Crippen LogP contribution in [0, 0.1) is 13.8 Å². The predicted molar refractivity (Wildman–Crippen MR) is 75.9 cm³/mol. The maximum atomic E-state index is 11.9. The summed E-state index contributed by atoms with van der Waals surface area (Å²) in [5.41, 5.74) is 2.04. The number of allylic oxidation sites excluding steroid dienone is 1. The van der Waals surface area contributed by atoms with Crippen molar-refractivity contribution < 1.29 is 13.9 Å². The third-order valence-electron chi connectivity index (χ3n) is 2.86. The Morgan fingerprint density at radius 1 is 1.40 bits per heavy atom. The number of hydrogen-bond acceptors (Lipinski definition) is 4. The second kappa shape index (κ2) is 5.74. The molecule has 104 valence electrons. The van der Waals surface area contributed by atoms with Gasteiger partial charge in [-0.3, -0.25) is 4.79 Å². The molecule has 0 aliphatic heterocycles.